The van der Waals surface area contributed by atoms with Gasteiger partial charge in [-0.05, 0) is 43.3 Å². The van der Waals surface area contributed by atoms with E-state index < -0.39 is 0 Å². The van der Waals surface area contributed by atoms with Crippen molar-refractivity contribution in [3.8, 4) is 0 Å². The fraction of sp³-hybridized carbons (Fsp3) is 0.462. The smallest absolute Gasteiger partial charge is 0.171 e. The van der Waals surface area contributed by atoms with Gasteiger partial charge in [0.2, 0.25) is 0 Å². The molecule has 0 aliphatic rings. The number of likely N-dealkylation sites (N-methyl/N-ethyl adjacent to an activating group) is 1. The van der Waals surface area contributed by atoms with Gasteiger partial charge in [-0.25, -0.2) is 0 Å². The Morgan fingerprint density at radius 3 is 2.56 bits per heavy atom. The van der Waals surface area contributed by atoms with E-state index in [1.807, 2.05) is 19.9 Å². The van der Waals surface area contributed by atoms with Gasteiger partial charge in [-0.2, -0.15) is 0 Å². The van der Waals surface area contributed by atoms with Crippen molar-refractivity contribution < 1.29 is 4.90 Å². The normalized spacial score (nSPS) is 10.6. The second kappa shape index (κ2) is 6.92. The summed E-state index contributed by atoms with van der Waals surface area (Å²) in [5, 5.41) is 7.65. The van der Waals surface area contributed by atoms with E-state index in [4.69, 9.17) is 23.8 Å². The standard InChI is InChI=1S/C13H20ClN3S/c1-9-7-10(2)12(11(14)8-9)16-13(18)15-5-6-17(3)4/h7-8H,5-6H2,1-4H3,(H2,15,16,18)/p+1. The molecule has 0 spiro atoms. The predicted octanol–water partition coefficient (Wildman–Crippen LogP) is 1.39. The van der Waals surface area contributed by atoms with Crippen molar-refractivity contribution in [1.29, 1.82) is 0 Å². The Kier molecular flexibility index (Phi) is 5.85. The Hall–Kier alpha value is -0.840. The fourth-order valence-corrected chi connectivity index (χ4v) is 2.23. The summed E-state index contributed by atoms with van der Waals surface area (Å²) >= 11 is 11.5. The molecule has 0 fully saturated rings. The highest BCUT2D eigenvalue weighted by Gasteiger charge is 2.07. The molecule has 5 heteroatoms. The van der Waals surface area contributed by atoms with Crippen LogP contribution in [-0.4, -0.2) is 32.3 Å². The van der Waals surface area contributed by atoms with Crippen LogP contribution in [0, 0.1) is 13.8 Å². The Morgan fingerprint density at radius 1 is 1.33 bits per heavy atom. The van der Waals surface area contributed by atoms with Gasteiger partial charge in [-0.15, -0.1) is 0 Å². The van der Waals surface area contributed by atoms with Crippen molar-refractivity contribution in [1.82, 2.24) is 5.32 Å². The zero-order valence-electron chi connectivity index (χ0n) is 11.4. The van der Waals surface area contributed by atoms with Crippen LogP contribution in [0.25, 0.3) is 0 Å². The van der Waals surface area contributed by atoms with Gasteiger partial charge in [0.25, 0.3) is 0 Å². The van der Waals surface area contributed by atoms with Crippen LogP contribution in [-0.2, 0) is 0 Å². The molecule has 0 radical (unpaired) electrons. The number of hydrogen-bond donors (Lipinski definition) is 3. The van der Waals surface area contributed by atoms with Gasteiger partial charge in [0, 0.05) is 0 Å². The van der Waals surface area contributed by atoms with Gasteiger partial charge in [0.15, 0.2) is 5.11 Å². The van der Waals surface area contributed by atoms with E-state index in [-0.39, 0.29) is 0 Å². The summed E-state index contributed by atoms with van der Waals surface area (Å²) in [5.41, 5.74) is 3.14. The molecule has 0 atom stereocenters. The molecule has 0 aliphatic carbocycles. The third-order valence-electron chi connectivity index (χ3n) is 2.58. The molecule has 0 heterocycles. The number of quaternary nitrogens is 1. The maximum absolute atomic E-state index is 6.21. The Labute approximate surface area is 120 Å². The van der Waals surface area contributed by atoms with Crippen molar-refractivity contribution in [3.63, 3.8) is 0 Å². The number of rotatable bonds is 4. The van der Waals surface area contributed by atoms with Crippen molar-refractivity contribution in [2.45, 2.75) is 13.8 Å². The zero-order valence-corrected chi connectivity index (χ0v) is 12.9. The van der Waals surface area contributed by atoms with Crippen LogP contribution in [0.1, 0.15) is 11.1 Å². The zero-order chi connectivity index (χ0) is 13.7. The van der Waals surface area contributed by atoms with Crippen LogP contribution in [0.3, 0.4) is 0 Å². The second-order valence-electron chi connectivity index (χ2n) is 4.78. The van der Waals surface area contributed by atoms with Gasteiger partial charge in [-0.3, -0.25) is 0 Å². The molecule has 18 heavy (non-hydrogen) atoms. The first-order valence-corrected chi connectivity index (χ1v) is 6.79. The SMILES string of the molecule is Cc1cc(C)c(NC(=S)NCC[NH+](C)C)c(Cl)c1. The number of benzene rings is 1. The number of thiocarbonyl (C=S) groups is 1. The van der Waals surface area contributed by atoms with Crippen LogP contribution in [0.15, 0.2) is 12.1 Å². The molecule has 1 aromatic rings. The minimum absolute atomic E-state index is 0.616. The topological polar surface area (TPSA) is 28.5 Å². The average molecular weight is 287 g/mol. The van der Waals surface area contributed by atoms with E-state index >= 15 is 0 Å². The van der Waals surface area contributed by atoms with E-state index in [1.54, 1.807) is 0 Å². The monoisotopic (exact) mass is 286 g/mol. The van der Waals surface area contributed by atoms with Crippen molar-refractivity contribution in [2.24, 2.45) is 0 Å². The molecule has 100 valence electrons. The van der Waals surface area contributed by atoms with Crippen molar-refractivity contribution >= 4 is 34.6 Å². The number of aryl methyl sites for hydroxylation is 2. The highest BCUT2D eigenvalue weighted by molar-refractivity contribution is 7.80. The molecule has 0 aliphatic heterocycles. The highest BCUT2D eigenvalue weighted by Crippen LogP contribution is 2.27. The molecular weight excluding hydrogens is 266 g/mol. The average Bonchev–Trinajstić information content (AvgIpc) is 2.22. The first-order valence-electron chi connectivity index (χ1n) is 6.00. The summed E-state index contributed by atoms with van der Waals surface area (Å²) in [6.45, 7) is 5.91. The van der Waals surface area contributed by atoms with Crippen LogP contribution in [0.4, 0.5) is 5.69 Å². The number of nitrogens with one attached hydrogen (secondary N) is 3. The van der Waals surface area contributed by atoms with Crippen molar-refractivity contribution in [2.75, 3.05) is 32.5 Å². The summed E-state index contributed by atoms with van der Waals surface area (Å²) in [4.78, 5) is 1.38. The molecular formula is C13H21ClN3S+. The minimum atomic E-state index is 0.616. The maximum Gasteiger partial charge on any atom is 0.171 e. The van der Waals surface area contributed by atoms with Crippen LogP contribution < -0.4 is 15.5 Å². The van der Waals surface area contributed by atoms with E-state index in [1.165, 1.54) is 4.90 Å². The van der Waals surface area contributed by atoms with Crippen molar-refractivity contribution in [3.05, 3.63) is 28.3 Å². The lowest BCUT2D eigenvalue weighted by Gasteiger charge is -2.15. The maximum atomic E-state index is 6.21. The van der Waals surface area contributed by atoms with Crippen LogP contribution in [0.5, 0.6) is 0 Å². The minimum Gasteiger partial charge on any atom is -0.357 e. The molecule has 1 rings (SSSR count). The van der Waals surface area contributed by atoms with Gasteiger partial charge in [0.05, 0.1) is 37.9 Å². The molecule has 0 saturated heterocycles. The third kappa shape index (κ3) is 4.80. The molecule has 3 N–H and O–H groups in total. The second-order valence-corrected chi connectivity index (χ2v) is 5.59. The summed E-state index contributed by atoms with van der Waals surface area (Å²) in [6.07, 6.45) is 0. The Bertz CT molecular complexity index is 409. The first kappa shape index (κ1) is 15.2. The Balaban J connectivity index is 2.59. The first-order chi connectivity index (χ1) is 8.40. The molecule has 0 saturated carbocycles. The summed E-state index contributed by atoms with van der Waals surface area (Å²) in [7, 11) is 4.22. The van der Waals surface area contributed by atoms with E-state index in [9.17, 15) is 0 Å². The quantitative estimate of drug-likeness (QED) is 0.731. The van der Waals surface area contributed by atoms with E-state index in [0.29, 0.717) is 10.1 Å². The molecule has 0 amide bonds. The highest BCUT2D eigenvalue weighted by atomic mass is 35.5. The molecule has 0 unspecified atom stereocenters. The molecule has 1 aromatic carbocycles. The van der Waals surface area contributed by atoms with Crippen LogP contribution in [0.2, 0.25) is 5.02 Å². The lowest BCUT2D eigenvalue weighted by molar-refractivity contribution is -0.856. The van der Waals surface area contributed by atoms with E-state index in [0.717, 1.165) is 29.9 Å². The molecule has 0 bridgehead atoms. The van der Waals surface area contributed by atoms with Gasteiger partial charge in [0.1, 0.15) is 0 Å². The number of hydrogen-bond acceptors (Lipinski definition) is 1. The summed E-state index contributed by atoms with van der Waals surface area (Å²) in [5.74, 6) is 0. The van der Waals surface area contributed by atoms with Gasteiger partial charge < -0.3 is 15.5 Å². The number of anilines is 1. The van der Waals surface area contributed by atoms with Crippen LogP contribution >= 0.6 is 23.8 Å². The van der Waals surface area contributed by atoms with E-state index in [2.05, 4.69) is 30.8 Å². The molecule has 3 nitrogen and oxygen atoms in total. The van der Waals surface area contributed by atoms with Gasteiger partial charge >= 0.3 is 0 Å². The van der Waals surface area contributed by atoms with Gasteiger partial charge in [-0.1, -0.05) is 17.7 Å². The third-order valence-corrected chi connectivity index (χ3v) is 3.13. The largest absolute Gasteiger partial charge is 0.357 e. The fourth-order valence-electron chi connectivity index (χ4n) is 1.66. The predicted molar refractivity (Wildman–Crippen MR) is 82.8 cm³/mol. The molecule has 0 aromatic heterocycles. The summed E-state index contributed by atoms with van der Waals surface area (Å²) in [6, 6.07) is 4.02. The Morgan fingerprint density at radius 2 is 2.00 bits per heavy atom. The number of halogens is 1. The lowest BCUT2D eigenvalue weighted by atomic mass is 10.1. The summed E-state index contributed by atoms with van der Waals surface area (Å²) < 4.78 is 0. The lowest BCUT2D eigenvalue weighted by Crippen LogP contribution is -3.06.